The van der Waals surface area contributed by atoms with Gasteiger partial charge in [-0.05, 0) is 47.9 Å². The Kier molecular flexibility index (Phi) is 6.02. The van der Waals surface area contributed by atoms with E-state index in [0.717, 1.165) is 21.2 Å². The normalized spacial score (nSPS) is 10.4. The number of nitrogens with one attached hydrogen (secondary N) is 1. The molecule has 0 fully saturated rings. The number of anilines is 1. The Hall–Kier alpha value is -2.66. The highest BCUT2D eigenvalue weighted by atomic mass is 79.9. The molecule has 4 nitrogen and oxygen atoms in total. The number of carbonyl (C=O) groups excluding carboxylic acids is 1. The van der Waals surface area contributed by atoms with Crippen LogP contribution in [-0.2, 0) is 17.8 Å². The van der Waals surface area contributed by atoms with Gasteiger partial charge in [-0.1, -0.05) is 52.3 Å². The van der Waals surface area contributed by atoms with E-state index in [1.807, 2.05) is 55.5 Å². The van der Waals surface area contributed by atoms with Gasteiger partial charge in [-0.3, -0.25) is 4.79 Å². The maximum absolute atomic E-state index is 12.3. The maximum Gasteiger partial charge on any atom is 0.230 e. The molecular weight excluding hydrogens is 392 g/mol. The molecule has 0 unspecified atom stereocenters. The summed E-state index contributed by atoms with van der Waals surface area (Å²) in [6, 6.07) is 19.3. The molecule has 132 valence electrons. The summed E-state index contributed by atoms with van der Waals surface area (Å²) in [5, 5.41) is 2.84. The summed E-state index contributed by atoms with van der Waals surface area (Å²) in [6.45, 7) is 2.47. The van der Waals surface area contributed by atoms with Crippen molar-refractivity contribution in [1.82, 2.24) is 4.98 Å². The summed E-state index contributed by atoms with van der Waals surface area (Å²) in [4.78, 5) is 16.6. The maximum atomic E-state index is 12.3. The van der Waals surface area contributed by atoms with Crippen molar-refractivity contribution >= 4 is 27.7 Å². The van der Waals surface area contributed by atoms with Crippen molar-refractivity contribution in [2.45, 2.75) is 20.0 Å². The van der Waals surface area contributed by atoms with E-state index in [2.05, 4.69) is 26.2 Å². The minimum atomic E-state index is -0.133. The topological polar surface area (TPSA) is 51.2 Å². The van der Waals surface area contributed by atoms with Gasteiger partial charge >= 0.3 is 0 Å². The van der Waals surface area contributed by atoms with E-state index in [-0.39, 0.29) is 12.3 Å². The largest absolute Gasteiger partial charge is 0.485 e. The Morgan fingerprint density at radius 2 is 1.85 bits per heavy atom. The van der Waals surface area contributed by atoms with Crippen LogP contribution in [0.4, 0.5) is 5.82 Å². The number of ether oxygens (including phenoxy) is 1. The van der Waals surface area contributed by atoms with Crippen LogP contribution in [-0.4, -0.2) is 10.9 Å². The van der Waals surface area contributed by atoms with E-state index >= 15 is 0 Å². The van der Waals surface area contributed by atoms with Gasteiger partial charge in [-0.2, -0.15) is 0 Å². The zero-order chi connectivity index (χ0) is 18.4. The molecule has 3 rings (SSSR count). The van der Waals surface area contributed by atoms with Crippen LogP contribution in [0.5, 0.6) is 5.75 Å². The number of halogens is 1. The molecule has 0 saturated heterocycles. The third-order valence-corrected chi connectivity index (χ3v) is 4.48. The second-order valence-corrected chi connectivity index (χ2v) is 6.83. The molecule has 1 heterocycles. The van der Waals surface area contributed by atoms with Gasteiger partial charge in [-0.15, -0.1) is 0 Å². The minimum absolute atomic E-state index is 0.133. The Morgan fingerprint density at radius 1 is 1.08 bits per heavy atom. The molecule has 3 aromatic rings. The van der Waals surface area contributed by atoms with Crippen molar-refractivity contribution in [3.05, 3.63) is 88.0 Å². The summed E-state index contributed by atoms with van der Waals surface area (Å²) >= 11 is 3.39. The monoisotopic (exact) mass is 410 g/mol. The lowest BCUT2D eigenvalue weighted by atomic mass is 10.1. The van der Waals surface area contributed by atoms with Gasteiger partial charge in [-0.25, -0.2) is 4.98 Å². The second-order valence-electron chi connectivity index (χ2n) is 5.92. The Labute approximate surface area is 161 Å². The molecule has 0 saturated carbocycles. The number of aryl methyl sites for hydroxylation is 1. The fraction of sp³-hybridized carbons (Fsp3) is 0.143. The third kappa shape index (κ3) is 4.92. The fourth-order valence-electron chi connectivity index (χ4n) is 2.49. The molecule has 0 atom stereocenters. The number of amides is 1. The van der Waals surface area contributed by atoms with Gasteiger partial charge in [0.05, 0.1) is 6.42 Å². The molecule has 0 aliphatic carbocycles. The Bertz CT molecular complexity index is 895. The number of carbonyl (C=O) groups is 1. The van der Waals surface area contributed by atoms with E-state index in [0.29, 0.717) is 18.2 Å². The van der Waals surface area contributed by atoms with Crippen LogP contribution in [0.25, 0.3) is 0 Å². The van der Waals surface area contributed by atoms with E-state index < -0.39 is 0 Å². The summed E-state index contributed by atoms with van der Waals surface area (Å²) in [5.41, 5.74) is 3.20. The lowest BCUT2D eigenvalue weighted by molar-refractivity contribution is -0.115. The van der Waals surface area contributed by atoms with Gasteiger partial charge in [0.1, 0.15) is 6.61 Å². The number of pyridine rings is 1. The second kappa shape index (κ2) is 8.63. The highest BCUT2D eigenvalue weighted by molar-refractivity contribution is 9.10. The lowest BCUT2D eigenvalue weighted by Gasteiger charge is -2.12. The van der Waals surface area contributed by atoms with E-state index in [9.17, 15) is 4.79 Å². The first-order valence-corrected chi connectivity index (χ1v) is 9.08. The van der Waals surface area contributed by atoms with E-state index in [4.69, 9.17) is 4.74 Å². The van der Waals surface area contributed by atoms with Gasteiger partial charge in [0, 0.05) is 10.7 Å². The summed E-state index contributed by atoms with van der Waals surface area (Å²) < 4.78 is 6.87. The van der Waals surface area contributed by atoms with E-state index in [1.165, 1.54) is 0 Å². The first-order chi connectivity index (χ1) is 12.6. The number of benzene rings is 2. The van der Waals surface area contributed by atoms with Crippen molar-refractivity contribution in [2.24, 2.45) is 0 Å². The van der Waals surface area contributed by atoms with Crippen LogP contribution in [0.2, 0.25) is 0 Å². The molecule has 1 amide bonds. The highest BCUT2D eigenvalue weighted by Crippen LogP contribution is 2.23. The molecule has 0 aliphatic rings. The zero-order valence-corrected chi connectivity index (χ0v) is 16.0. The van der Waals surface area contributed by atoms with Crippen molar-refractivity contribution in [3.63, 3.8) is 0 Å². The number of hydrogen-bond acceptors (Lipinski definition) is 3. The number of nitrogens with zero attached hydrogens (tertiary/aromatic N) is 1. The van der Waals surface area contributed by atoms with Crippen molar-refractivity contribution < 1.29 is 9.53 Å². The first-order valence-electron chi connectivity index (χ1n) is 8.28. The first kappa shape index (κ1) is 18.1. The summed E-state index contributed by atoms with van der Waals surface area (Å²) in [7, 11) is 0. The van der Waals surface area contributed by atoms with Crippen molar-refractivity contribution in [1.29, 1.82) is 0 Å². The SMILES string of the molecule is Cc1ccccc1COc1cccnc1NC(=O)Cc1ccc(Br)cc1. The zero-order valence-electron chi connectivity index (χ0n) is 14.4. The minimum Gasteiger partial charge on any atom is -0.485 e. The van der Waals surface area contributed by atoms with Crippen LogP contribution in [0.1, 0.15) is 16.7 Å². The molecule has 1 N–H and O–H groups in total. The molecule has 0 spiro atoms. The Morgan fingerprint density at radius 3 is 2.62 bits per heavy atom. The third-order valence-electron chi connectivity index (χ3n) is 3.95. The molecule has 0 bridgehead atoms. The quantitative estimate of drug-likeness (QED) is 0.627. The number of rotatable bonds is 6. The summed E-state index contributed by atoms with van der Waals surface area (Å²) in [5.74, 6) is 0.856. The molecule has 0 radical (unpaired) electrons. The standard InChI is InChI=1S/C21H19BrN2O2/c1-15-5-2-3-6-17(15)14-26-19-7-4-12-23-21(19)24-20(25)13-16-8-10-18(22)11-9-16/h2-12H,13-14H2,1H3,(H,23,24,25). The smallest absolute Gasteiger partial charge is 0.230 e. The van der Waals surface area contributed by atoms with Gasteiger partial charge in [0.25, 0.3) is 0 Å². The van der Waals surface area contributed by atoms with Gasteiger partial charge in [0.15, 0.2) is 11.6 Å². The van der Waals surface area contributed by atoms with Crippen molar-refractivity contribution in [2.75, 3.05) is 5.32 Å². The molecule has 2 aromatic carbocycles. The molecule has 5 heteroatoms. The van der Waals surface area contributed by atoms with Crippen LogP contribution in [0.3, 0.4) is 0 Å². The summed E-state index contributed by atoms with van der Waals surface area (Å²) in [6.07, 6.45) is 1.91. The van der Waals surface area contributed by atoms with Gasteiger partial charge in [0.2, 0.25) is 5.91 Å². The van der Waals surface area contributed by atoms with Gasteiger partial charge < -0.3 is 10.1 Å². The predicted octanol–water partition coefficient (Wildman–Crippen LogP) is 4.91. The van der Waals surface area contributed by atoms with Crippen molar-refractivity contribution in [3.8, 4) is 5.75 Å². The van der Waals surface area contributed by atoms with Crippen LogP contribution < -0.4 is 10.1 Å². The molecule has 26 heavy (non-hydrogen) atoms. The number of hydrogen-bond donors (Lipinski definition) is 1. The van der Waals surface area contributed by atoms with Crippen LogP contribution in [0, 0.1) is 6.92 Å². The lowest BCUT2D eigenvalue weighted by Crippen LogP contribution is -2.16. The van der Waals surface area contributed by atoms with Crippen LogP contribution in [0.15, 0.2) is 71.3 Å². The average molecular weight is 411 g/mol. The molecule has 1 aromatic heterocycles. The molecular formula is C21H19BrN2O2. The Balaban J connectivity index is 1.65. The predicted molar refractivity (Wildman–Crippen MR) is 106 cm³/mol. The van der Waals surface area contributed by atoms with E-state index in [1.54, 1.807) is 18.3 Å². The fourth-order valence-corrected chi connectivity index (χ4v) is 2.76. The van der Waals surface area contributed by atoms with Crippen LogP contribution >= 0.6 is 15.9 Å². The highest BCUT2D eigenvalue weighted by Gasteiger charge is 2.10. The average Bonchev–Trinajstić information content (AvgIpc) is 2.64. The molecule has 0 aliphatic heterocycles. The number of aromatic nitrogens is 1.